The molecule has 7 rings (SSSR count). The molecular formula is C48H62BrF2N3O11. The normalized spacial score (nSPS) is 36.5. The number of alkyl halides is 3. The van der Waals surface area contributed by atoms with Crippen LogP contribution in [0.4, 0.5) is 8.78 Å². The van der Waals surface area contributed by atoms with Gasteiger partial charge in [0.1, 0.15) is 24.4 Å². The predicted octanol–water partition coefficient (Wildman–Crippen LogP) is 4.66. The lowest BCUT2D eigenvalue weighted by molar-refractivity contribution is -0.235. The van der Waals surface area contributed by atoms with Gasteiger partial charge in [0.05, 0.1) is 24.1 Å². The minimum atomic E-state index is -2.34. The Bertz CT molecular complexity index is 2110. The van der Waals surface area contributed by atoms with Crippen molar-refractivity contribution in [3.8, 4) is 0 Å². The average molecular weight is 975 g/mol. The minimum absolute atomic E-state index is 0.0106. The number of hydrogen-bond donors (Lipinski definition) is 5. The van der Waals surface area contributed by atoms with Crippen molar-refractivity contribution in [1.29, 1.82) is 0 Å². The van der Waals surface area contributed by atoms with Gasteiger partial charge in [-0.05, 0) is 121 Å². The van der Waals surface area contributed by atoms with Crippen LogP contribution in [0.1, 0.15) is 110 Å². The van der Waals surface area contributed by atoms with Gasteiger partial charge in [-0.15, -0.1) is 0 Å². The smallest absolute Gasteiger partial charge is 0.306 e. The maximum absolute atomic E-state index is 17.8. The molecule has 1 aliphatic heterocycles. The minimum Gasteiger partial charge on any atom is -0.460 e. The Morgan fingerprint density at radius 3 is 2.35 bits per heavy atom. The molecule has 11 atom stereocenters. The van der Waals surface area contributed by atoms with E-state index in [1.54, 1.807) is 27.7 Å². The summed E-state index contributed by atoms with van der Waals surface area (Å²) in [7, 11) is 0. The van der Waals surface area contributed by atoms with E-state index in [1.807, 2.05) is 24.3 Å². The maximum atomic E-state index is 17.8. The van der Waals surface area contributed by atoms with Gasteiger partial charge in [0, 0.05) is 34.8 Å². The molecule has 1 saturated heterocycles. The summed E-state index contributed by atoms with van der Waals surface area (Å²) < 4.78 is 52.3. The third-order valence-corrected chi connectivity index (χ3v) is 15.7. The van der Waals surface area contributed by atoms with Gasteiger partial charge >= 0.3 is 5.97 Å². The number of aliphatic hydroxyl groups is 2. The summed E-state index contributed by atoms with van der Waals surface area (Å²) in [5.41, 5.74) is -5.89. The van der Waals surface area contributed by atoms with Crippen LogP contribution in [0.5, 0.6) is 0 Å². The zero-order valence-corrected chi connectivity index (χ0v) is 39.2. The number of halogens is 3. The van der Waals surface area contributed by atoms with Crippen molar-refractivity contribution in [3.63, 3.8) is 0 Å². The van der Waals surface area contributed by atoms with Crippen LogP contribution in [0.15, 0.2) is 48.1 Å². The number of amides is 3. The first kappa shape index (κ1) is 49.0. The van der Waals surface area contributed by atoms with Crippen LogP contribution >= 0.6 is 15.9 Å². The van der Waals surface area contributed by atoms with Gasteiger partial charge in [-0.3, -0.25) is 28.8 Å². The number of allylic oxidation sites excluding steroid dienone is 4. The molecular weight excluding hydrogens is 912 g/mol. The number of Topliss-reactive ketones (excluding diaryl/α,β-unsaturated/α-hetero) is 1. The van der Waals surface area contributed by atoms with Crippen molar-refractivity contribution in [3.05, 3.63) is 59.2 Å². The molecule has 1 heterocycles. The highest BCUT2D eigenvalue weighted by atomic mass is 79.9. The van der Waals surface area contributed by atoms with Gasteiger partial charge in [0.2, 0.25) is 17.7 Å². The second-order valence-electron chi connectivity index (χ2n) is 20.3. The number of rotatable bonds is 14. The Hall–Kier alpha value is -3.90. The molecule has 0 bridgehead atoms. The van der Waals surface area contributed by atoms with E-state index in [1.165, 1.54) is 19.1 Å². The molecule has 5 aliphatic carbocycles. The Morgan fingerprint density at radius 2 is 1.71 bits per heavy atom. The molecule has 14 nitrogen and oxygen atoms in total. The van der Waals surface area contributed by atoms with Crippen molar-refractivity contribution in [2.75, 3.05) is 18.5 Å². The van der Waals surface area contributed by atoms with Crippen molar-refractivity contribution < 1.29 is 62.0 Å². The molecule has 3 amide bonds. The lowest BCUT2D eigenvalue weighted by Gasteiger charge is -2.63. The third kappa shape index (κ3) is 9.13. The molecule has 17 heteroatoms. The largest absolute Gasteiger partial charge is 0.460 e. The second-order valence-corrected chi connectivity index (χ2v) is 20.9. The van der Waals surface area contributed by atoms with Gasteiger partial charge in [-0.1, -0.05) is 53.2 Å². The first-order valence-corrected chi connectivity index (χ1v) is 23.9. The van der Waals surface area contributed by atoms with Crippen molar-refractivity contribution >= 4 is 51.2 Å². The molecule has 1 aromatic carbocycles. The van der Waals surface area contributed by atoms with Crippen LogP contribution in [0.25, 0.3) is 0 Å². The van der Waals surface area contributed by atoms with Gasteiger partial charge in [0.15, 0.2) is 29.1 Å². The summed E-state index contributed by atoms with van der Waals surface area (Å²) in [6, 6.07) is 6.51. The van der Waals surface area contributed by atoms with E-state index in [9.17, 15) is 39.0 Å². The van der Waals surface area contributed by atoms with Crippen molar-refractivity contribution in [1.82, 2.24) is 16.0 Å². The van der Waals surface area contributed by atoms with Crippen molar-refractivity contribution in [2.45, 2.75) is 152 Å². The van der Waals surface area contributed by atoms with Gasteiger partial charge < -0.3 is 40.4 Å². The number of esters is 1. The summed E-state index contributed by atoms with van der Waals surface area (Å²) in [6.45, 7) is 7.31. The fraction of sp³-hybridized carbons (Fsp3) is 0.667. The highest BCUT2D eigenvalue weighted by molar-refractivity contribution is 9.09. The van der Waals surface area contributed by atoms with Gasteiger partial charge in [-0.2, -0.15) is 0 Å². The van der Waals surface area contributed by atoms with Crippen molar-refractivity contribution in [2.24, 2.45) is 28.6 Å². The molecule has 5 fully saturated rings. The zero-order valence-electron chi connectivity index (χ0n) is 37.6. The fourth-order valence-electron chi connectivity index (χ4n) is 12.1. The Labute approximate surface area is 386 Å². The monoisotopic (exact) mass is 973 g/mol. The standard InChI is InChI=1S/C48H62BrF2N3O11/c1-44(2,3)64-41(61)15-14-35(54-40(60)24-52-39(59)23-49)42(62)53-29-12-8-27(9-13-29)18-26-6-10-28(11-7-26)43-63-38-21-31-32-20-34(50)33-19-30(56)16-17-45(33,4)47(32,51)36(57)22-46(31,5)48(38,65-43)37(58)25-55/h6-7,10-11,16-17,19,27,29,31-32,34-36,38,43,55,57H,8-9,12-15,18,20-25H2,1-5H3,(H,52,59)(H,53,62)(H,54,60)/t27?,29?,31-,32-,34-,35-,36-,38+,43+,45-,46-,47-,48+/m0/s1. The van der Waals surface area contributed by atoms with Crippen LogP contribution < -0.4 is 16.0 Å². The number of nitrogens with one attached hydrogen (secondary N) is 3. The zero-order chi connectivity index (χ0) is 47.3. The molecule has 0 radical (unpaired) electrons. The number of benzene rings is 1. The highest BCUT2D eigenvalue weighted by Crippen LogP contribution is 2.72. The topological polar surface area (TPSA) is 207 Å². The first-order valence-electron chi connectivity index (χ1n) is 22.7. The number of ether oxygens (including phenoxy) is 3. The number of fused-ring (bicyclic) bond motifs is 7. The number of carbonyl (C=O) groups excluding carboxylic acids is 6. The molecule has 1 aromatic rings. The van der Waals surface area contributed by atoms with Gasteiger partial charge in [-0.25, -0.2) is 8.78 Å². The van der Waals surface area contributed by atoms with E-state index >= 15 is 8.78 Å². The van der Waals surface area contributed by atoms with Crippen LogP contribution in [0, 0.1) is 28.6 Å². The third-order valence-electron chi connectivity index (χ3n) is 15.2. The Kier molecular flexibility index (Phi) is 14.1. The maximum Gasteiger partial charge on any atom is 0.306 e. The number of ketones is 2. The quantitative estimate of drug-likeness (QED) is 0.128. The van der Waals surface area contributed by atoms with E-state index < -0.39 is 106 Å². The second kappa shape index (κ2) is 18.6. The number of hydrogen-bond acceptors (Lipinski definition) is 11. The molecule has 0 aromatic heterocycles. The van der Waals surface area contributed by atoms with E-state index in [0.29, 0.717) is 24.3 Å². The van der Waals surface area contributed by atoms with E-state index in [2.05, 4.69) is 31.9 Å². The average Bonchev–Trinajstić information content (AvgIpc) is 3.76. The van der Waals surface area contributed by atoms with Crippen LogP contribution in [0.2, 0.25) is 0 Å². The molecule has 5 N–H and O–H groups in total. The summed E-state index contributed by atoms with van der Waals surface area (Å²) in [4.78, 5) is 76.4. The number of carbonyl (C=O) groups is 6. The molecule has 6 aliphatic rings. The summed E-state index contributed by atoms with van der Waals surface area (Å²) in [5.74, 6) is -4.32. The molecule has 356 valence electrons. The predicted molar refractivity (Wildman–Crippen MR) is 235 cm³/mol. The SMILES string of the molecule is CC(C)(C)OC(=O)CC[C@H](NC(=O)CNC(=O)CBr)C(=O)NC1CCC(Cc2ccc([C@@H]3O[C@@H]4C[C@H]5[C@@H]6C[C@H](F)C7=CC(=O)C=C[C@]7(C)[C@@]6(F)[C@@H](O)C[C@]5(C)[C@]4(C(=O)CO)O3)cc2)CC1. The fourth-order valence-corrected chi connectivity index (χ4v) is 12.3. The highest BCUT2D eigenvalue weighted by Gasteiger charge is 2.80. The summed E-state index contributed by atoms with van der Waals surface area (Å²) in [6.07, 6.45) is 1.93. The molecule has 0 spiro atoms. The molecule has 0 unspecified atom stereocenters. The van der Waals surface area contributed by atoms with E-state index in [4.69, 9.17) is 14.2 Å². The summed E-state index contributed by atoms with van der Waals surface area (Å²) >= 11 is 3.03. The lowest BCUT2D eigenvalue weighted by atomic mass is 9.44. The number of aliphatic hydroxyl groups excluding tert-OH is 2. The van der Waals surface area contributed by atoms with Crippen LogP contribution in [-0.2, 0) is 49.4 Å². The lowest BCUT2D eigenvalue weighted by Crippen LogP contribution is -2.70. The Morgan fingerprint density at radius 1 is 1.02 bits per heavy atom. The first-order chi connectivity index (χ1) is 30.6. The van der Waals surface area contributed by atoms with E-state index in [0.717, 1.165) is 30.9 Å². The molecule has 65 heavy (non-hydrogen) atoms. The Balaban J connectivity index is 0.965. The van der Waals surface area contributed by atoms with Gasteiger partial charge in [0.25, 0.3) is 0 Å². The molecule has 4 saturated carbocycles. The summed E-state index contributed by atoms with van der Waals surface area (Å²) in [5, 5.41) is 30.3. The van der Waals surface area contributed by atoms with Crippen LogP contribution in [-0.4, -0.2) is 111 Å². The van der Waals surface area contributed by atoms with E-state index in [-0.39, 0.29) is 61.5 Å². The van der Waals surface area contributed by atoms with Crippen LogP contribution in [0.3, 0.4) is 0 Å².